The molecule has 0 aliphatic heterocycles. The van der Waals surface area contributed by atoms with Gasteiger partial charge >= 0.3 is 0 Å². The van der Waals surface area contributed by atoms with Crippen LogP contribution in [0.3, 0.4) is 0 Å². The van der Waals surface area contributed by atoms with Gasteiger partial charge in [0.25, 0.3) is 0 Å². The van der Waals surface area contributed by atoms with Crippen LogP contribution in [0.4, 0.5) is 0 Å². The molecule has 0 fully saturated rings. The van der Waals surface area contributed by atoms with Gasteiger partial charge in [-0.1, -0.05) is 40.6 Å². The van der Waals surface area contributed by atoms with Crippen molar-refractivity contribution in [3.05, 3.63) is 90.7 Å². The monoisotopic (exact) mass is 542 g/mol. The van der Waals surface area contributed by atoms with Gasteiger partial charge in [0.05, 0.1) is 6.20 Å². The molecule has 0 saturated carbocycles. The van der Waals surface area contributed by atoms with Gasteiger partial charge < -0.3 is 4.57 Å². The normalized spacial score (nSPS) is 11.2. The van der Waals surface area contributed by atoms with E-state index < -0.39 is 0 Å². The minimum atomic E-state index is 0. The van der Waals surface area contributed by atoms with Crippen molar-refractivity contribution in [2.75, 3.05) is 0 Å². The molecule has 2 heterocycles. The number of aryl methyl sites for hydroxylation is 3. The summed E-state index contributed by atoms with van der Waals surface area (Å²) < 4.78 is 4.20. The molecule has 0 unspecified atom stereocenters. The van der Waals surface area contributed by atoms with Gasteiger partial charge in [-0.2, -0.15) is 0 Å². The van der Waals surface area contributed by atoms with Crippen LogP contribution in [0, 0.1) is 33.9 Å². The number of hydrogen-bond donors (Lipinski definition) is 0. The van der Waals surface area contributed by atoms with Crippen molar-refractivity contribution in [1.82, 2.24) is 4.40 Å². The van der Waals surface area contributed by atoms with Crippen LogP contribution in [0.1, 0.15) is 16.7 Å². The molecule has 0 aliphatic rings. The smallest absolute Gasteiger partial charge is 0.194 e. The molecule has 28 heavy (non-hydrogen) atoms. The van der Waals surface area contributed by atoms with Gasteiger partial charge in [0.1, 0.15) is 5.52 Å². The minimum absolute atomic E-state index is 0. The van der Waals surface area contributed by atoms with Gasteiger partial charge in [0.2, 0.25) is 0 Å². The number of rotatable bonds is 1. The van der Waals surface area contributed by atoms with Crippen LogP contribution < -0.4 is 4.57 Å². The standard InChI is InChI=1S/C25H21N2.Ir/c1-16-14-21-19-10-5-6-11-20(19)25-26(4)12-13-27(25)24(21)22(15-16)23-17(2)8-7-9-18(23)3;/h5-10,12-15H,4H2,1-3H3;/q-1;. The van der Waals surface area contributed by atoms with Crippen LogP contribution in [-0.4, -0.2) is 4.40 Å². The Morgan fingerprint density at radius 3 is 2.46 bits per heavy atom. The summed E-state index contributed by atoms with van der Waals surface area (Å²) in [5, 5.41) is 3.57. The predicted molar refractivity (Wildman–Crippen MR) is 112 cm³/mol. The number of imidazole rings is 1. The average molecular weight is 542 g/mol. The van der Waals surface area contributed by atoms with E-state index in [2.05, 4.69) is 86.9 Å². The largest absolute Gasteiger partial charge is 0.355 e. The molecule has 2 aromatic heterocycles. The Labute approximate surface area is 178 Å². The fourth-order valence-electron chi connectivity index (χ4n) is 4.39. The molecule has 3 heteroatoms. The second kappa shape index (κ2) is 6.77. The van der Waals surface area contributed by atoms with E-state index in [1.165, 1.54) is 44.1 Å². The minimum Gasteiger partial charge on any atom is -0.355 e. The van der Waals surface area contributed by atoms with E-state index in [0.29, 0.717) is 0 Å². The van der Waals surface area contributed by atoms with Crippen LogP contribution >= 0.6 is 0 Å². The first kappa shape index (κ1) is 18.7. The molecule has 5 rings (SSSR count). The third kappa shape index (κ3) is 2.58. The van der Waals surface area contributed by atoms with Gasteiger partial charge in [-0.3, -0.25) is 0 Å². The van der Waals surface area contributed by atoms with Crippen molar-refractivity contribution < 1.29 is 24.7 Å². The predicted octanol–water partition coefficient (Wildman–Crippen LogP) is 5.56. The zero-order chi connectivity index (χ0) is 18.7. The fourth-order valence-corrected chi connectivity index (χ4v) is 4.39. The molecular formula is C25H21IrN2-. The summed E-state index contributed by atoms with van der Waals surface area (Å²) in [5.41, 5.74) is 8.73. The van der Waals surface area contributed by atoms with E-state index in [-0.39, 0.29) is 20.1 Å². The first-order valence-corrected chi connectivity index (χ1v) is 9.23. The summed E-state index contributed by atoms with van der Waals surface area (Å²) in [5.74, 6) is 0. The molecule has 141 valence electrons. The Morgan fingerprint density at radius 2 is 1.71 bits per heavy atom. The van der Waals surface area contributed by atoms with Crippen molar-refractivity contribution in [1.29, 1.82) is 0 Å². The Bertz CT molecular complexity index is 1340. The number of nitrogens with zero attached hydrogens (tertiary/aromatic N) is 2. The zero-order valence-electron chi connectivity index (χ0n) is 16.2. The van der Waals surface area contributed by atoms with Gasteiger partial charge in [0.15, 0.2) is 5.65 Å². The molecule has 0 N–H and O–H groups in total. The fraction of sp³-hybridized carbons (Fsp3) is 0.120. The van der Waals surface area contributed by atoms with E-state index in [4.69, 9.17) is 0 Å². The Kier molecular flexibility index (Phi) is 4.53. The van der Waals surface area contributed by atoms with E-state index in [1.54, 1.807) is 0 Å². The van der Waals surface area contributed by atoms with E-state index >= 15 is 0 Å². The van der Waals surface area contributed by atoms with Crippen LogP contribution in [0.25, 0.3) is 38.4 Å². The molecule has 2 nitrogen and oxygen atoms in total. The van der Waals surface area contributed by atoms with Crippen molar-refractivity contribution in [3.63, 3.8) is 0 Å². The average Bonchev–Trinajstić information content (AvgIpc) is 3.03. The first-order valence-electron chi connectivity index (χ1n) is 9.23. The second-order valence-corrected chi connectivity index (χ2v) is 7.40. The summed E-state index contributed by atoms with van der Waals surface area (Å²) in [6.45, 7) is 6.57. The molecule has 5 aromatic rings. The Balaban J connectivity index is 0.00000192. The first-order chi connectivity index (χ1) is 13.1. The van der Waals surface area contributed by atoms with Crippen molar-refractivity contribution in [3.8, 4) is 11.1 Å². The molecule has 0 amide bonds. The van der Waals surface area contributed by atoms with Gasteiger partial charge in [0, 0.05) is 31.9 Å². The SMILES string of the molecule is [CH2-][n+]1ccn2c3c(-c4c(C)cccc4C)cc(C)cc3c3ccc[c-]c3c21.[Ir]. The molecule has 1 radical (unpaired) electrons. The molecule has 0 bridgehead atoms. The van der Waals surface area contributed by atoms with Crippen LogP contribution in [0.15, 0.2) is 60.9 Å². The summed E-state index contributed by atoms with van der Waals surface area (Å²) in [6, 6.07) is 20.8. The maximum Gasteiger partial charge on any atom is 0.194 e. The number of hydrogen-bond acceptors (Lipinski definition) is 0. The quantitative estimate of drug-likeness (QED) is 0.149. The van der Waals surface area contributed by atoms with Crippen molar-refractivity contribution >= 4 is 27.3 Å². The van der Waals surface area contributed by atoms with Crippen molar-refractivity contribution in [2.24, 2.45) is 0 Å². The topological polar surface area (TPSA) is 8.29 Å². The molecule has 3 aromatic carbocycles. The third-order valence-corrected chi connectivity index (χ3v) is 5.51. The number of pyridine rings is 1. The summed E-state index contributed by atoms with van der Waals surface area (Å²) in [4.78, 5) is 0. The van der Waals surface area contributed by atoms with Crippen molar-refractivity contribution in [2.45, 2.75) is 20.8 Å². The van der Waals surface area contributed by atoms with Gasteiger partial charge in [-0.15, -0.1) is 24.3 Å². The van der Waals surface area contributed by atoms with E-state index in [0.717, 1.165) is 11.0 Å². The Morgan fingerprint density at radius 1 is 0.964 bits per heavy atom. The molecule has 0 aliphatic carbocycles. The van der Waals surface area contributed by atoms with Gasteiger partial charge in [-0.25, -0.2) is 4.40 Å². The van der Waals surface area contributed by atoms with Crippen LogP contribution in [0.5, 0.6) is 0 Å². The second-order valence-electron chi connectivity index (χ2n) is 7.40. The van der Waals surface area contributed by atoms with Gasteiger partial charge in [-0.05, 0) is 56.0 Å². The maximum absolute atomic E-state index is 4.20. The molecular weight excluding hydrogens is 521 g/mol. The van der Waals surface area contributed by atoms with E-state index in [1.807, 2.05) is 16.8 Å². The maximum atomic E-state index is 4.20. The number of benzene rings is 3. The van der Waals surface area contributed by atoms with Crippen LogP contribution in [0.2, 0.25) is 0 Å². The zero-order valence-corrected chi connectivity index (χ0v) is 18.6. The third-order valence-electron chi connectivity index (χ3n) is 5.51. The summed E-state index contributed by atoms with van der Waals surface area (Å²) >= 11 is 0. The molecule has 0 spiro atoms. The summed E-state index contributed by atoms with van der Waals surface area (Å²) in [7, 11) is 4.20. The summed E-state index contributed by atoms with van der Waals surface area (Å²) in [6.07, 6.45) is 4.13. The molecule has 0 saturated heterocycles. The van der Waals surface area contributed by atoms with Crippen LogP contribution in [-0.2, 0) is 20.1 Å². The number of aromatic nitrogens is 2. The Hall–Kier alpha value is -2.61. The molecule has 0 atom stereocenters. The van der Waals surface area contributed by atoms with E-state index in [9.17, 15) is 0 Å². The number of fused-ring (bicyclic) bond motifs is 6.